The molecule has 0 aliphatic heterocycles. The molecule has 3 N–H and O–H groups in total. The van der Waals surface area contributed by atoms with Gasteiger partial charge in [0, 0.05) is 19.6 Å². The number of hydrogen-bond donors (Lipinski definition) is 3. The molecule has 0 aliphatic rings. The van der Waals surface area contributed by atoms with Crippen LogP contribution in [0.1, 0.15) is 46.3 Å². The molecule has 6 nitrogen and oxygen atoms in total. The van der Waals surface area contributed by atoms with Gasteiger partial charge in [0.1, 0.15) is 5.75 Å². The molecule has 6 heteroatoms. The minimum atomic E-state index is -0.663. The maximum absolute atomic E-state index is 10.5. The van der Waals surface area contributed by atoms with E-state index in [0.717, 1.165) is 50.0 Å². The first-order valence-corrected chi connectivity index (χ1v) is 9.69. The Labute approximate surface area is 158 Å². The molecule has 1 rings (SSSR count). The quantitative estimate of drug-likeness (QED) is 0.416. The minimum absolute atomic E-state index is 0.107. The highest BCUT2D eigenvalue weighted by atomic mass is 16.5. The van der Waals surface area contributed by atoms with Crippen LogP contribution in [0.15, 0.2) is 29.3 Å². The minimum Gasteiger partial charge on any atom is -0.491 e. The van der Waals surface area contributed by atoms with Crippen LogP contribution >= 0.6 is 0 Å². The van der Waals surface area contributed by atoms with Crippen LogP contribution in [-0.2, 0) is 0 Å². The summed E-state index contributed by atoms with van der Waals surface area (Å²) >= 11 is 0. The topological polar surface area (TPSA) is 69.1 Å². The van der Waals surface area contributed by atoms with Crippen LogP contribution in [0.3, 0.4) is 0 Å². The Morgan fingerprint density at radius 2 is 1.92 bits per heavy atom. The number of aliphatic hydroxyl groups is 1. The van der Waals surface area contributed by atoms with Gasteiger partial charge in [0.05, 0.1) is 18.8 Å². The normalized spacial score (nSPS) is 13.2. The largest absolute Gasteiger partial charge is 0.491 e. The highest BCUT2D eigenvalue weighted by Crippen LogP contribution is 2.20. The van der Waals surface area contributed by atoms with Gasteiger partial charge in [-0.2, -0.15) is 0 Å². The number of hydrogen-bond acceptors (Lipinski definition) is 4. The third-order valence-electron chi connectivity index (χ3n) is 4.00. The predicted octanol–water partition coefficient (Wildman–Crippen LogP) is 2.40. The van der Waals surface area contributed by atoms with Gasteiger partial charge in [-0.3, -0.25) is 4.99 Å². The van der Waals surface area contributed by atoms with Crippen molar-refractivity contribution in [2.45, 2.75) is 46.8 Å². The van der Waals surface area contributed by atoms with E-state index in [0.29, 0.717) is 6.54 Å². The Kier molecular flexibility index (Phi) is 10.7. The number of nitrogens with zero attached hydrogens (tertiary/aromatic N) is 2. The molecule has 26 heavy (non-hydrogen) atoms. The zero-order valence-corrected chi connectivity index (χ0v) is 17.0. The van der Waals surface area contributed by atoms with Crippen molar-refractivity contribution >= 4 is 5.96 Å². The summed E-state index contributed by atoms with van der Waals surface area (Å²) in [5.74, 6) is 1.50. The number of guanidine groups is 1. The van der Waals surface area contributed by atoms with E-state index in [1.807, 2.05) is 45.0 Å². The summed E-state index contributed by atoms with van der Waals surface area (Å²) in [6.45, 7) is 15.3. The lowest BCUT2D eigenvalue weighted by Gasteiger charge is -2.19. The second kappa shape index (κ2) is 12.5. The molecule has 0 aromatic heterocycles. The molecule has 1 unspecified atom stereocenters. The number of benzene rings is 1. The second-order valence-corrected chi connectivity index (χ2v) is 6.43. The van der Waals surface area contributed by atoms with Crippen LogP contribution in [0.25, 0.3) is 0 Å². The molecule has 0 bridgehead atoms. The standard InChI is InChI=1S/C20H36N4O2/c1-6-21-20(22-12-13-24(7-2)8-3)23-15-19(25)17-10-9-11-18(14-17)26-16(4)5/h9-11,14,16,19,25H,6-8,12-13,15H2,1-5H3,(H2,21,22,23). The first-order chi connectivity index (χ1) is 12.5. The Hall–Kier alpha value is -1.79. The smallest absolute Gasteiger partial charge is 0.191 e. The van der Waals surface area contributed by atoms with Gasteiger partial charge in [-0.25, -0.2) is 0 Å². The lowest BCUT2D eigenvalue weighted by molar-refractivity contribution is 0.185. The third-order valence-corrected chi connectivity index (χ3v) is 4.00. The molecule has 1 aromatic rings. The average molecular weight is 365 g/mol. The maximum atomic E-state index is 10.5. The molecule has 0 radical (unpaired) electrons. The Bertz CT molecular complexity index is 530. The van der Waals surface area contributed by atoms with Gasteiger partial charge < -0.3 is 25.4 Å². The van der Waals surface area contributed by atoms with E-state index < -0.39 is 6.10 Å². The fourth-order valence-corrected chi connectivity index (χ4v) is 2.56. The summed E-state index contributed by atoms with van der Waals surface area (Å²) in [4.78, 5) is 6.87. The SMILES string of the molecule is CCNC(=NCC(O)c1cccc(OC(C)C)c1)NCCN(CC)CC. The fraction of sp³-hybridized carbons (Fsp3) is 0.650. The van der Waals surface area contributed by atoms with E-state index in [9.17, 15) is 5.11 Å². The summed E-state index contributed by atoms with van der Waals surface area (Å²) < 4.78 is 5.69. The van der Waals surface area contributed by atoms with Crippen molar-refractivity contribution in [3.63, 3.8) is 0 Å². The van der Waals surface area contributed by atoms with Crippen LogP contribution < -0.4 is 15.4 Å². The van der Waals surface area contributed by atoms with Crippen LogP contribution in [0.5, 0.6) is 5.75 Å². The van der Waals surface area contributed by atoms with E-state index >= 15 is 0 Å². The number of aliphatic imine (C=N–C) groups is 1. The van der Waals surface area contributed by atoms with E-state index in [2.05, 4.69) is 34.4 Å². The van der Waals surface area contributed by atoms with E-state index in [1.54, 1.807) is 0 Å². The van der Waals surface area contributed by atoms with Gasteiger partial charge in [0.15, 0.2) is 5.96 Å². The van der Waals surface area contributed by atoms with Crippen molar-refractivity contribution in [3.05, 3.63) is 29.8 Å². The summed E-state index contributed by atoms with van der Waals surface area (Å²) in [7, 11) is 0. The zero-order valence-electron chi connectivity index (χ0n) is 17.0. The summed E-state index contributed by atoms with van der Waals surface area (Å²) in [6, 6.07) is 7.57. The molecule has 0 heterocycles. The van der Waals surface area contributed by atoms with Gasteiger partial charge in [0.25, 0.3) is 0 Å². The highest BCUT2D eigenvalue weighted by Gasteiger charge is 2.09. The average Bonchev–Trinajstić information content (AvgIpc) is 2.62. The molecule has 0 saturated heterocycles. The zero-order chi connectivity index (χ0) is 19.4. The summed E-state index contributed by atoms with van der Waals surface area (Å²) in [5, 5.41) is 17.0. The van der Waals surface area contributed by atoms with Crippen molar-refractivity contribution in [3.8, 4) is 5.75 Å². The number of ether oxygens (including phenoxy) is 1. The van der Waals surface area contributed by atoms with E-state index in [-0.39, 0.29) is 6.10 Å². The third kappa shape index (κ3) is 8.54. The van der Waals surface area contributed by atoms with E-state index in [4.69, 9.17) is 4.74 Å². The molecule has 1 aromatic carbocycles. The summed E-state index contributed by atoms with van der Waals surface area (Å²) in [6.07, 6.45) is -0.556. The van der Waals surface area contributed by atoms with Crippen LogP contribution in [0, 0.1) is 0 Å². The summed E-state index contributed by atoms with van der Waals surface area (Å²) in [5.41, 5.74) is 0.811. The molecule has 0 spiro atoms. The first kappa shape index (κ1) is 22.3. The van der Waals surface area contributed by atoms with Crippen molar-refractivity contribution in [2.75, 3.05) is 39.3 Å². The lowest BCUT2D eigenvalue weighted by atomic mass is 10.1. The molecule has 0 saturated carbocycles. The molecule has 0 amide bonds. The molecule has 1 atom stereocenters. The van der Waals surface area contributed by atoms with Crippen LogP contribution in [0.4, 0.5) is 0 Å². The predicted molar refractivity (Wildman–Crippen MR) is 109 cm³/mol. The number of likely N-dealkylation sites (N-methyl/N-ethyl adjacent to an activating group) is 1. The molecule has 0 aliphatic carbocycles. The Morgan fingerprint density at radius 3 is 2.54 bits per heavy atom. The molecular weight excluding hydrogens is 328 g/mol. The van der Waals surface area contributed by atoms with Gasteiger partial charge in [-0.1, -0.05) is 26.0 Å². The lowest BCUT2D eigenvalue weighted by Crippen LogP contribution is -2.41. The maximum Gasteiger partial charge on any atom is 0.191 e. The number of rotatable bonds is 11. The van der Waals surface area contributed by atoms with Crippen LogP contribution in [0.2, 0.25) is 0 Å². The van der Waals surface area contributed by atoms with Crippen molar-refractivity contribution in [1.29, 1.82) is 0 Å². The van der Waals surface area contributed by atoms with Gasteiger partial charge in [-0.05, 0) is 51.6 Å². The van der Waals surface area contributed by atoms with Gasteiger partial charge in [0.2, 0.25) is 0 Å². The molecular formula is C20H36N4O2. The Balaban J connectivity index is 2.61. The van der Waals surface area contributed by atoms with Crippen molar-refractivity contribution in [1.82, 2.24) is 15.5 Å². The second-order valence-electron chi connectivity index (χ2n) is 6.43. The monoisotopic (exact) mass is 364 g/mol. The molecule has 148 valence electrons. The van der Waals surface area contributed by atoms with Crippen LogP contribution in [-0.4, -0.2) is 61.3 Å². The molecule has 0 fully saturated rings. The highest BCUT2D eigenvalue weighted by molar-refractivity contribution is 5.79. The van der Waals surface area contributed by atoms with E-state index in [1.165, 1.54) is 0 Å². The van der Waals surface area contributed by atoms with Crippen molar-refractivity contribution < 1.29 is 9.84 Å². The Morgan fingerprint density at radius 1 is 1.19 bits per heavy atom. The number of nitrogens with one attached hydrogen (secondary N) is 2. The van der Waals surface area contributed by atoms with Gasteiger partial charge in [-0.15, -0.1) is 0 Å². The van der Waals surface area contributed by atoms with Gasteiger partial charge >= 0.3 is 0 Å². The van der Waals surface area contributed by atoms with Crippen molar-refractivity contribution in [2.24, 2.45) is 4.99 Å². The first-order valence-electron chi connectivity index (χ1n) is 9.69. The fourth-order valence-electron chi connectivity index (χ4n) is 2.56. The number of aliphatic hydroxyl groups excluding tert-OH is 1.